The Balaban J connectivity index is 2.19. The lowest BCUT2D eigenvalue weighted by Gasteiger charge is -2.36. The molecule has 23 heavy (non-hydrogen) atoms. The van der Waals surface area contributed by atoms with Crippen molar-refractivity contribution in [3.8, 4) is 0 Å². The summed E-state index contributed by atoms with van der Waals surface area (Å²) < 4.78 is 14.9. The van der Waals surface area contributed by atoms with Gasteiger partial charge in [-0.2, -0.15) is 0 Å². The highest BCUT2D eigenvalue weighted by molar-refractivity contribution is 9.10. The fourth-order valence-electron chi connectivity index (χ4n) is 2.90. The molecule has 0 radical (unpaired) electrons. The van der Waals surface area contributed by atoms with E-state index in [4.69, 9.17) is 0 Å². The number of nitrogens with zero attached hydrogens (tertiary/aromatic N) is 2. The first kappa shape index (κ1) is 17.9. The molecule has 1 aliphatic rings. The largest absolute Gasteiger partial charge is 0.393 e. The van der Waals surface area contributed by atoms with Crippen molar-refractivity contribution in [2.45, 2.75) is 37.8 Å². The quantitative estimate of drug-likeness (QED) is 0.799. The summed E-state index contributed by atoms with van der Waals surface area (Å²) in [5, 5.41) is 9.60. The fraction of sp³-hybridized carbons (Fsp3) is 0.471. The molecule has 0 bridgehead atoms. The number of rotatable bonds is 4. The van der Waals surface area contributed by atoms with Crippen molar-refractivity contribution in [1.82, 2.24) is 4.90 Å². The van der Waals surface area contributed by atoms with Gasteiger partial charge >= 0.3 is 6.03 Å². The normalized spacial score (nSPS) is 20.9. The predicted octanol–water partition coefficient (Wildman–Crippen LogP) is 3.94. The van der Waals surface area contributed by atoms with Crippen molar-refractivity contribution in [3.05, 3.63) is 41.1 Å². The summed E-state index contributed by atoms with van der Waals surface area (Å²) in [6, 6.07) is 4.44. The second-order valence-corrected chi connectivity index (χ2v) is 6.77. The minimum absolute atomic E-state index is 0.0664. The molecule has 0 heterocycles. The Labute approximate surface area is 144 Å². The molecule has 126 valence electrons. The number of hydrogen-bond acceptors (Lipinski definition) is 2. The Hall–Kier alpha value is -1.40. The highest BCUT2D eigenvalue weighted by Gasteiger charge is 2.29. The molecule has 6 heteroatoms. The lowest BCUT2D eigenvalue weighted by molar-refractivity contribution is 0.0931. The van der Waals surface area contributed by atoms with Crippen LogP contribution in [0.1, 0.15) is 25.7 Å². The van der Waals surface area contributed by atoms with Crippen molar-refractivity contribution in [2.75, 3.05) is 18.5 Å². The average molecular weight is 385 g/mol. The SMILES string of the molecule is C=CCN(C(=O)N(C)[C@H]1CC[C@@H](O)CC1)c1ccc(Br)cc1F. The number of carbonyl (C=O) groups is 1. The van der Waals surface area contributed by atoms with Crippen LogP contribution >= 0.6 is 15.9 Å². The Morgan fingerprint density at radius 1 is 1.43 bits per heavy atom. The number of carbonyl (C=O) groups excluding carboxylic acids is 1. The minimum atomic E-state index is -0.456. The van der Waals surface area contributed by atoms with Crippen LogP contribution in [0.5, 0.6) is 0 Å². The van der Waals surface area contributed by atoms with E-state index in [9.17, 15) is 14.3 Å². The molecule has 0 spiro atoms. The van der Waals surface area contributed by atoms with Crippen molar-refractivity contribution in [1.29, 1.82) is 0 Å². The zero-order valence-corrected chi connectivity index (χ0v) is 14.8. The van der Waals surface area contributed by atoms with Gasteiger partial charge in [0.1, 0.15) is 5.82 Å². The zero-order chi connectivity index (χ0) is 17.0. The van der Waals surface area contributed by atoms with Crippen LogP contribution in [0.4, 0.5) is 14.9 Å². The summed E-state index contributed by atoms with van der Waals surface area (Å²) in [5.41, 5.74) is 0.237. The summed E-state index contributed by atoms with van der Waals surface area (Å²) in [5.74, 6) is -0.456. The summed E-state index contributed by atoms with van der Waals surface area (Å²) >= 11 is 3.22. The van der Waals surface area contributed by atoms with Gasteiger partial charge in [-0.25, -0.2) is 9.18 Å². The number of urea groups is 1. The van der Waals surface area contributed by atoms with Gasteiger partial charge in [-0.15, -0.1) is 6.58 Å². The molecule has 1 aromatic rings. The first-order chi connectivity index (χ1) is 10.9. The third kappa shape index (κ3) is 4.32. The van der Waals surface area contributed by atoms with E-state index in [0.29, 0.717) is 17.3 Å². The molecule has 0 aliphatic heterocycles. The van der Waals surface area contributed by atoms with Gasteiger partial charge in [-0.1, -0.05) is 22.0 Å². The van der Waals surface area contributed by atoms with Gasteiger partial charge in [0.15, 0.2) is 0 Å². The molecule has 1 fully saturated rings. The maximum absolute atomic E-state index is 14.2. The summed E-state index contributed by atoms with van der Waals surface area (Å²) in [4.78, 5) is 15.9. The van der Waals surface area contributed by atoms with Gasteiger partial charge in [0.2, 0.25) is 0 Å². The van der Waals surface area contributed by atoms with Crippen LogP contribution in [-0.2, 0) is 0 Å². The molecule has 0 atom stereocenters. The third-order valence-corrected chi connectivity index (χ3v) is 4.75. The Morgan fingerprint density at radius 2 is 2.09 bits per heavy atom. The van der Waals surface area contributed by atoms with E-state index in [-0.39, 0.29) is 30.4 Å². The van der Waals surface area contributed by atoms with Crippen LogP contribution in [0, 0.1) is 5.82 Å². The van der Waals surface area contributed by atoms with Crippen LogP contribution in [-0.4, -0.2) is 41.8 Å². The number of halogens is 2. The number of amides is 2. The van der Waals surface area contributed by atoms with Crippen molar-refractivity contribution < 1.29 is 14.3 Å². The second-order valence-electron chi connectivity index (χ2n) is 5.85. The summed E-state index contributed by atoms with van der Waals surface area (Å²) in [6.07, 6.45) is 4.20. The van der Waals surface area contributed by atoms with E-state index in [1.165, 1.54) is 11.0 Å². The predicted molar refractivity (Wildman–Crippen MR) is 93.1 cm³/mol. The molecular formula is C17H22BrFN2O2. The highest BCUT2D eigenvalue weighted by Crippen LogP contribution is 2.27. The highest BCUT2D eigenvalue weighted by atomic mass is 79.9. The molecule has 0 saturated heterocycles. The molecule has 2 amide bonds. The molecule has 1 aromatic carbocycles. The molecule has 0 aromatic heterocycles. The molecule has 1 N–H and O–H groups in total. The first-order valence-corrected chi connectivity index (χ1v) is 8.51. The molecular weight excluding hydrogens is 363 g/mol. The lowest BCUT2D eigenvalue weighted by atomic mass is 9.92. The van der Waals surface area contributed by atoms with E-state index >= 15 is 0 Å². The standard InChI is InChI=1S/C17H22BrFN2O2/c1-3-10-21(16-9-4-12(18)11-15(16)19)17(23)20(2)13-5-7-14(22)8-6-13/h3-4,9,11,13-14,22H,1,5-8,10H2,2H3/t13-,14+. The average Bonchev–Trinajstić information content (AvgIpc) is 2.53. The van der Waals surface area contributed by atoms with E-state index in [0.717, 1.165) is 12.8 Å². The van der Waals surface area contributed by atoms with Crippen LogP contribution in [0.3, 0.4) is 0 Å². The monoisotopic (exact) mass is 384 g/mol. The molecule has 1 aliphatic carbocycles. The van der Waals surface area contributed by atoms with Gasteiger partial charge in [0, 0.05) is 24.1 Å². The van der Waals surface area contributed by atoms with Crippen LogP contribution in [0.25, 0.3) is 0 Å². The van der Waals surface area contributed by atoms with Gasteiger partial charge in [-0.3, -0.25) is 4.90 Å². The van der Waals surface area contributed by atoms with Gasteiger partial charge in [0.25, 0.3) is 0 Å². The van der Waals surface area contributed by atoms with E-state index < -0.39 is 5.82 Å². The van der Waals surface area contributed by atoms with Crippen molar-refractivity contribution >= 4 is 27.6 Å². The zero-order valence-electron chi connectivity index (χ0n) is 13.2. The smallest absolute Gasteiger partial charge is 0.324 e. The molecule has 2 rings (SSSR count). The van der Waals surface area contributed by atoms with Crippen LogP contribution < -0.4 is 4.90 Å². The number of hydrogen-bond donors (Lipinski definition) is 1. The van der Waals surface area contributed by atoms with E-state index in [1.54, 1.807) is 30.2 Å². The van der Waals surface area contributed by atoms with Gasteiger partial charge < -0.3 is 10.0 Å². The van der Waals surface area contributed by atoms with E-state index in [2.05, 4.69) is 22.5 Å². The van der Waals surface area contributed by atoms with Crippen molar-refractivity contribution in [2.24, 2.45) is 0 Å². The lowest BCUT2D eigenvalue weighted by Crippen LogP contribution is -2.48. The third-order valence-electron chi connectivity index (χ3n) is 4.26. The summed E-state index contributed by atoms with van der Waals surface area (Å²) in [6.45, 7) is 3.89. The number of aliphatic hydroxyl groups is 1. The maximum Gasteiger partial charge on any atom is 0.324 e. The number of anilines is 1. The maximum atomic E-state index is 14.2. The number of aliphatic hydroxyl groups excluding tert-OH is 1. The minimum Gasteiger partial charge on any atom is -0.393 e. The Morgan fingerprint density at radius 3 is 2.65 bits per heavy atom. The Kier molecular flexibility index (Phi) is 6.18. The molecule has 0 unspecified atom stereocenters. The Bertz CT molecular complexity index is 574. The van der Waals surface area contributed by atoms with Crippen LogP contribution in [0.15, 0.2) is 35.3 Å². The van der Waals surface area contributed by atoms with E-state index in [1.807, 2.05) is 0 Å². The first-order valence-electron chi connectivity index (χ1n) is 7.72. The fourth-order valence-corrected chi connectivity index (χ4v) is 3.23. The topological polar surface area (TPSA) is 43.8 Å². The molecule has 1 saturated carbocycles. The van der Waals surface area contributed by atoms with Crippen LogP contribution in [0.2, 0.25) is 0 Å². The summed E-state index contributed by atoms with van der Waals surface area (Å²) in [7, 11) is 1.73. The molecule has 4 nitrogen and oxygen atoms in total. The van der Waals surface area contributed by atoms with Gasteiger partial charge in [0.05, 0.1) is 11.8 Å². The van der Waals surface area contributed by atoms with Gasteiger partial charge in [-0.05, 0) is 43.9 Å². The number of benzene rings is 1. The second kappa shape index (κ2) is 7.93. The van der Waals surface area contributed by atoms with Crippen molar-refractivity contribution in [3.63, 3.8) is 0 Å².